The second-order valence-corrected chi connectivity index (χ2v) is 5.95. The maximum absolute atomic E-state index is 12.2. The quantitative estimate of drug-likeness (QED) is 0.929. The third-order valence-electron chi connectivity index (χ3n) is 4.23. The highest BCUT2D eigenvalue weighted by Crippen LogP contribution is 2.47. The lowest BCUT2D eigenvalue weighted by molar-refractivity contribution is 0.0939. The van der Waals surface area contributed by atoms with Crippen molar-refractivity contribution in [3.63, 3.8) is 0 Å². The number of pyridine rings is 1. The number of amides is 1. The van der Waals surface area contributed by atoms with E-state index in [0.29, 0.717) is 16.1 Å². The molecule has 0 radical (unpaired) electrons. The molecule has 0 bridgehead atoms. The first kappa shape index (κ1) is 13.4. The van der Waals surface area contributed by atoms with Crippen LogP contribution in [0.4, 0.5) is 0 Å². The monoisotopic (exact) mass is 288 g/mol. The number of carbonyl (C=O) groups excluding carboxylic acids is 1. The maximum atomic E-state index is 12.2. The predicted octanol–water partition coefficient (Wildman–Crippen LogP) is 3.81. The molecule has 0 atom stereocenters. The van der Waals surface area contributed by atoms with E-state index in [9.17, 15) is 4.79 Å². The van der Waals surface area contributed by atoms with E-state index >= 15 is 0 Å². The number of carbonyl (C=O) groups is 1. The zero-order valence-electron chi connectivity index (χ0n) is 11.4. The van der Waals surface area contributed by atoms with E-state index in [4.69, 9.17) is 11.6 Å². The molecule has 1 aliphatic carbocycles. The Morgan fingerprint density at radius 3 is 2.85 bits per heavy atom. The number of benzene rings is 1. The molecule has 1 saturated carbocycles. The Kier molecular flexibility index (Phi) is 3.38. The van der Waals surface area contributed by atoms with Crippen LogP contribution in [0.2, 0.25) is 5.02 Å². The minimum absolute atomic E-state index is 0.141. The fourth-order valence-corrected chi connectivity index (χ4v) is 2.70. The van der Waals surface area contributed by atoms with Gasteiger partial charge in [0.2, 0.25) is 0 Å². The second kappa shape index (κ2) is 5.06. The minimum Gasteiger partial charge on any atom is -0.350 e. The number of fused-ring (bicyclic) bond motifs is 1. The number of hydrogen-bond donors (Lipinski definition) is 1. The van der Waals surface area contributed by atoms with Crippen molar-refractivity contribution < 1.29 is 4.79 Å². The van der Waals surface area contributed by atoms with E-state index in [1.54, 1.807) is 6.07 Å². The second-order valence-electron chi connectivity index (χ2n) is 5.54. The summed E-state index contributed by atoms with van der Waals surface area (Å²) in [5, 5.41) is 4.42. The van der Waals surface area contributed by atoms with Gasteiger partial charge in [-0.05, 0) is 36.8 Å². The lowest BCUT2D eigenvalue weighted by Gasteiger charge is -2.13. The molecule has 1 N–H and O–H groups in total. The Labute approximate surface area is 123 Å². The van der Waals surface area contributed by atoms with Gasteiger partial charge in [-0.3, -0.25) is 4.79 Å². The van der Waals surface area contributed by atoms with E-state index in [1.807, 2.05) is 24.3 Å². The van der Waals surface area contributed by atoms with Gasteiger partial charge in [-0.1, -0.05) is 36.7 Å². The fourth-order valence-electron chi connectivity index (χ4n) is 2.44. The van der Waals surface area contributed by atoms with Crippen LogP contribution in [0.15, 0.2) is 30.3 Å². The van der Waals surface area contributed by atoms with Crippen LogP contribution in [0.1, 0.15) is 36.7 Å². The summed E-state index contributed by atoms with van der Waals surface area (Å²) in [6.45, 7) is 2.90. The lowest BCUT2D eigenvalue weighted by Crippen LogP contribution is -2.30. The summed E-state index contributed by atoms with van der Waals surface area (Å²) in [5.41, 5.74) is 1.47. The standard InChI is InChI=1S/C16H17ClN2O/c1-2-16(7-8-16)10-18-15(20)14-9-12(17)11-5-3-4-6-13(11)19-14/h3-6,9H,2,7-8,10H2,1H3,(H,18,20). The van der Waals surface area contributed by atoms with Crippen LogP contribution in [-0.4, -0.2) is 17.4 Å². The average molecular weight is 289 g/mol. The van der Waals surface area contributed by atoms with E-state index in [2.05, 4.69) is 17.2 Å². The molecule has 1 aliphatic rings. The Balaban J connectivity index is 1.81. The van der Waals surface area contributed by atoms with Crippen molar-refractivity contribution in [1.82, 2.24) is 10.3 Å². The number of halogens is 1. The first-order chi connectivity index (χ1) is 9.63. The number of aromatic nitrogens is 1. The molecular weight excluding hydrogens is 272 g/mol. The highest BCUT2D eigenvalue weighted by molar-refractivity contribution is 6.35. The largest absolute Gasteiger partial charge is 0.350 e. The maximum Gasteiger partial charge on any atom is 0.269 e. The van der Waals surface area contributed by atoms with Gasteiger partial charge in [0.05, 0.1) is 10.5 Å². The molecule has 2 aromatic rings. The molecule has 20 heavy (non-hydrogen) atoms. The Morgan fingerprint density at radius 1 is 1.40 bits per heavy atom. The van der Waals surface area contributed by atoms with Gasteiger partial charge in [0.1, 0.15) is 5.69 Å². The Bertz CT molecular complexity index is 665. The van der Waals surface area contributed by atoms with Crippen molar-refractivity contribution in [3.05, 3.63) is 41.0 Å². The van der Waals surface area contributed by atoms with Gasteiger partial charge in [0.15, 0.2) is 0 Å². The first-order valence-electron chi connectivity index (χ1n) is 6.97. The molecule has 3 rings (SSSR count). The van der Waals surface area contributed by atoms with Gasteiger partial charge in [-0.15, -0.1) is 0 Å². The molecule has 1 amide bonds. The highest BCUT2D eigenvalue weighted by Gasteiger charge is 2.40. The molecule has 0 spiro atoms. The van der Waals surface area contributed by atoms with Crippen molar-refractivity contribution in [2.45, 2.75) is 26.2 Å². The molecule has 3 nitrogen and oxygen atoms in total. The van der Waals surface area contributed by atoms with Crippen LogP contribution in [0.5, 0.6) is 0 Å². The summed E-state index contributed by atoms with van der Waals surface area (Å²) >= 11 is 6.22. The number of rotatable bonds is 4. The van der Waals surface area contributed by atoms with E-state index < -0.39 is 0 Å². The van der Waals surface area contributed by atoms with Gasteiger partial charge in [-0.2, -0.15) is 0 Å². The molecule has 1 aromatic heterocycles. The summed E-state index contributed by atoms with van der Waals surface area (Å²) in [6, 6.07) is 9.22. The van der Waals surface area contributed by atoms with E-state index in [1.165, 1.54) is 12.8 Å². The number of nitrogens with zero attached hydrogens (tertiary/aromatic N) is 1. The zero-order chi connectivity index (χ0) is 14.2. The molecule has 1 aromatic carbocycles. The molecule has 0 aliphatic heterocycles. The molecule has 4 heteroatoms. The van der Waals surface area contributed by atoms with Crippen molar-refractivity contribution in [2.24, 2.45) is 5.41 Å². The average Bonchev–Trinajstić information content (AvgIpc) is 3.25. The van der Waals surface area contributed by atoms with E-state index in [0.717, 1.165) is 23.9 Å². The van der Waals surface area contributed by atoms with Crippen LogP contribution in [0, 0.1) is 5.41 Å². The number of nitrogens with one attached hydrogen (secondary N) is 1. The van der Waals surface area contributed by atoms with E-state index in [-0.39, 0.29) is 5.91 Å². The molecule has 104 valence electrons. The van der Waals surface area contributed by atoms with Crippen LogP contribution in [0.3, 0.4) is 0 Å². The SMILES string of the molecule is CCC1(CNC(=O)c2cc(Cl)c3ccccc3n2)CC1. The topological polar surface area (TPSA) is 42.0 Å². The van der Waals surface area contributed by atoms with Crippen LogP contribution < -0.4 is 5.32 Å². The van der Waals surface area contributed by atoms with Crippen LogP contribution >= 0.6 is 11.6 Å². The lowest BCUT2D eigenvalue weighted by atomic mass is 10.0. The number of hydrogen-bond acceptors (Lipinski definition) is 2. The predicted molar refractivity (Wildman–Crippen MR) is 81.0 cm³/mol. The third kappa shape index (κ3) is 2.50. The summed E-state index contributed by atoms with van der Waals surface area (Å²) in [6.07, 6.45) is 3.52. The fraction of sp³-hybridized carbons (Fsp3) is 0.375. The first-order valence-corrected chi connectivity index (χ1v) is 7.35. The smallest absolute Gasteiger partial charge is 0.269 e. The third-order valence-corrected chi connectivity index (χ3v) is 4.54. The van der Waals surface area contributed by atoms with Gasteiger partial charge >= 0.3 is 0 Å². The summed E-state index contributed by atoms with van der Waals surface area (Å²) in [4.78, 5) is 16.6. The summed E-state index contributed by atoms with van der Waals surface area (Å²) in [5.74, 6) is -0.141. The summed E-state index contributed by atoms with van der Waals surface area (Å²) in [7, 11) is 0. The van der Waals surface area contributed by atoms with Crippen molar-refractivity contribution in [1.29, 1.82) is 0 Å². The molecule has 0 unspecified atom stereocenters. The summed E-state index contributed by atoms with van der Waals surface area (Å²) < 4.78 is 0. The molecule has 0 saturated heterocycles. The van der Waals surface area contributed by atoms with Gasteiger partial charge in [0.25, 0.3) is 5.91 Å². The Morgan fingerprint density at radius 2 is 2.15 bits per heavy atom. The zero-order valence-corrected chi connectivity index (χ0v) is 12.2. The van der Waals surface area contributed by atoms with Crippen molar-refractivity contribution >= 4 is 28.4 Å². The van der Waals surface area contributed by atoms with Gasteiger partial charge < -0.3 is 5.32 Å². The highest BCUT2D eigenvalue weighted by atomic mass is 35.5. The molecule has 1 heterocycles. The Hall–Kier alpha value is -1.61. The van der Waals surface area contributed by atoms with Crippen LogP contribution in [-0.2, 0) is 0 Å². The van der Waals surface area contributed by atoms with Gasteiger partial charge in [0, 0.05) is 11.9 Å². The normalized spacial score (nSPS) is 16.1. The van der Waals surface area contributed by atoms with Crippen LogP contribution in [0.25, 0.3) is 10.9 Å². The molecule has 1 fully saturated rings. The van der Waals surface area contributed by atoms with Crippen molar-refractivity contribution in [2.75, 3.05) is 6.54 Å². The number of para-hydroxylation sites is 1. The molecular formula is C16H17ClN2O. The van der Waals surface area contributed by atoms with Gasteiger partial charge in [-0.25, -0.2) is 4.98 Å². The van der Waals surface area contributed by atoms with Crippen molar-refractivity contribution in [3.8, 4) is 0 Å². The minimum atomic E-state index is -0.141.